The number of hydrogen-bond acceptors (Lipinski definition) is 5. The number of nitrogens with one attached hydrogen (secondary N) is 1. The Balaban J connectivity index is 1.58. The Morgan fingerprint density at radius 3 is 2.77 bits per heavy atom. The molecular weight excluding hydrogens is 298 g/mol. The number of carbonyl (C=O) groups is 1. The number of aromatic nitrogens is 2. The van der Waals surface area contributed by atoms with E-state index in [9.17, 15) is 4.79 Å². The summed E-state index contributed by atoms with van der Waals surface area (Å²) in [5, 5.41) is 13.1. The van der Waals surface area contributed by atoms with Crippen LogP contribution in [0.4, 0.5) is 0 Å². The average Bonchev–Trinajstić information content (AvgIpc) is 3.02. The average molecular weight is 319 g/mol. The molecule has 0 saturated heterocycles. The van der Waals surface area contributed by atoms with Gasteiger partial charge in [-0.3, -0.25) is 4.79 Å². The van der Waals surface area contributed by atoms with Crippen molar-refractivity contribution >= 4 is 17.2 Å². The first-order valence-electron chi connectivity index (χ1n) is 7.88. The van der Waals surface area contributed by atoms with Gasteiger partial charge in [-0.05, 0) is 36.8 Å². The molecule has 118 valence electrons. The standard InChI is InChI=1S/C16H21N3O2S/c1-11-8-9-22-15(11)16-19-18-14(21-16)10-13(20)17-12-6-4-2-3-5-7-12/h8-9,12H,2-7,10H2,1H3,(H,17,20). The molecule has 6 heteroatoms. The van der Waals surface area contributed by atoms with Crippen LogP contribution >= 0.6 is 11.3 Å². The Bertz CT molecular complexity index is 627. The fourth-order valence-corrected chi connectivity index (χ4v) is 3.69. The molecule has 0 aromatic carbocycles. The van der Waals surface area contributed by atoms with Crippen molar-refractivity contribution in [2.75, 3.05) is 0 Å². The summed E-state index contributed by atoms with van der Waals surface area (Å²) in [6, 6.07) is 2.32. The second kappa shape index (κ2) is 7.05. The van der Waals surface area contributed by atoms with E-state index in [2.05, 4.69) is 15.5 Å². The van der Waals surface area contributed by atoms with Crippen LogP contribution in [0, 0.1) is 6.92 Å². The summed E-state index contributed by atoms with van der Waals surface area (Å²) in [5.41, 5.74) is 1.11. The van der Waals surface area contributed by atoms with E-state index in [1.54, 1.807) is 11.3 Å². The smallest absolute Gasteiger partial charge is 0.258 e. The monoisotopic (exact) mass is 319 g/mol. The fourth-order valence-electron chi connectivity index (χ4n) is 2.85. The highest BCUT2D eigenvalue weighted by molar-refractivity contribution is 7.13. The molecule has 2 aromatic rings. The van der Waals surface area contributed by atoms with E-state index in [4.69, 9.17) is 4.42 Å². The summed E-state index contributed by atoms with van der Waals surface area (Å²) in [4.78, 5) is 13.1. The summed E-state index contributed by atoms with van der Waals surface area (Å²) in [6.07, 6.45) is 7.28. The molecule has 0 aliphatic heterocycles. The second-order valence-electron chi connectivity index (χ2n) is 5.87. The quantitative estimate of drug-likeness (QED) is 0.876. The molecule has 1 saturated carbocycles. The second-order valence-corrected chi connectivity index (χ2v) is 6.78. The van der Waals surface area contributed by atoms with Crippen LogP contribution in [0.2, 0.25) is 0 Å². The normalized spacial score (nSPS) is 16.4. The van der Waals surface area contributed by atoms with Crippen LogP contribution in [-0.2, 0) is 11.2 Å². The van der Waals surface area contributed by atoms with Crippen molar-refractivity contribution in [2.24, 2.45) is 0 Å². The van der Waals surface area contributed by atoms with Gasteiger partial charge in [0.15, 0.2) is 0 Å². The van der Waals surface area contributed by atoms with Crippen molar-refractivity contribution in [1.82, 2.24) is 15.5 Å². The topological polar surface area (TPSA) is 68.0 Å². The fraction of sp³-hybridized carbons (Fsp3) is 0.562. The molecule has 1 fully saturated rings. The summed E-state index contributed by atoms with van der Waals surface area (Å²) in [6.45, 7) is 2.01. The zero-order chi connectivity index (χ0) is 15.4. The molecule has 1 N–H and O–H groups in total. The zero-order valence-corrected chi connectivity index (χ0v) is 13.6. The van der Waals surface area contributed by atoms with Crippen LogP contribution in [0.3, 0.4) is 0 Å². The van der Waals surface area contributed by atoms with E-state index < -0.39 is 0 Å². The Morgan fingerprint density at radius 2 is 2.09 bits per heavy atom. The molecule has 0 spiro atoms. The number of aryl methyl sites for hydroxylation is 1. The largest absolute Gasteiger partial charge is 0.419 e. The summed E-state index contributed by atoms with van der Waals surface area (Å²) in [7, 11) is 0. The Hall–Kier alpha value is -1.69. The summed E-state index contributed by atoms with van der Waals surface area (Å²) >= 11 is 1.57. The van der Waals surface area contributed by atoms with Crippen LogP contribution in [0.1, 0.15) is 50.0 Å². The van der Waals surface area contributed by atoms with Crippen LogP contribution in [-0.4, -0.2) is 22.1 Å². The molecule has 0 unspecified atom stereocenters. The van der Waals surface area contributed by atoms with Gasteiger partial charge in [0.2, 0.25) is 11.8 Å². The van der Waals surface area contributed by atoms with Gasteiger partial charge in [-0.15, -0.1) is 21.5 Å². The predicted octanol–water partition coefficient (Wildman–Crippen LogP) is 3.49. The van der Waals surface area contributed by atoms with E-state index in [0.717, 1.165) is 23.3 Å². The van der Waals surface area contributed by atoms with Gasteiger partial charge < -0.3 is 9.73 Å². The third kappa shape index (κ3) is 3.74. The Kier molecular flexibility index (Phi) is 4.87. The van der Waals surface area contributed by atoms with E-state index in [-0.39, 0.29) is 12.3 Å². The first kappa shape index (κ1) is 15.2. The third-order valence-electron chi connectivity index (χ3n) is 4.06. The van der Waals surface area contributed by atoms with Gasteiger partial charge in [0.1, 0.15) is 6.42 Å². The van der Waals surface area contributed by atoms with Crippen molar-refractivity contribution < 1.29 is 9.21 Å². The van der Waals surface area contributed by atoms with Crippen molar-refractivity contribution in [1.29, 1.82) is 0 Å². The molecule has 1 aliphatic carbocycles. The highest BCUT2D eigenvalue weighted by atomic mass is 32.1. The molecule has 3 rings (SSSR count). The van der Waals surface area contributed by atoms with Gasteiger partial charge in [0.05, 0.1) is 4.88 Å². The summed E-state index contributed by atoms with van der Waals surface area (Å²) < 4.78 is 5.62. The lowest BCUT2D eigenvalue weighted by atomic mass is 10.1. The Morgan fingerprint density at radius 1 is 1.32 bits per heavy atom. The number of carbonyl (C=O) groups excluding carboxylic acids is 1. The third-order valence-corrected chi connectivity index (χ3v) is 5.06. The molecule has 0 bridgehead atoms. The van der Waals surface area contributed by atoms with E-state index >= 15 is 0 Å². The van der Waals surface area contributed by atoms with Crippen LogP contribution in [0.15, 0.2) is 15.9 Å². The van der Waals surface area contributed by atoms with Crippen molar-refractivity contribution in [2.45, 2.75) is 57.9 Å². The van der Waals surface area contributed by atoms with E-state index in [1.807, 2.05) is 18.4 Å². The zero-order valence-electron chi connectivity index (χ0n) is 12.8. The lowest BCUT2D eigenvalue weighted by Crippen LogP contribution is -2.35. The number of thiophene rings is 1. The van der Waals surface area contributed by atoms with Crippen LogP contribution in [0.5, 0.6) is 0 Å². The lowest BCUT2D eigenvalue weighted by Gasteiger charge is -2.15. The molecule has 1 aliphatic rings. The van der Waals surface area contributed by atoms with Crippen LogP contribution < -0.4 is 5.32 Å². The van der Waals surface area contributed by atoms with E-state index in [1.165, 1.54) is 25.7 Å². The maximum Gasteiger partial charge on any atom is 0.258 e. The number of rotatable bonds is 4. The van der Waals surface area contributed by atoms with E-state index in [0.29, 0.717) is 17.8 Å². The highest BCUT2D eigenvalue weighted by Gasteiger charge is 2.18. The Labute approximate surface area is 134 Å². The number of amides is 1. The minimum Gasteiger partial charge on any atom is -0.419 e. The summed E-state index contributed by atoms with van der Waals surface area (Å²) in [5.74, 6) is 0.865. The van der Waals surface area contributed by atoms with Crippen molar-refractivity contribution in [3.05, 3.63) is 22.9 Å². The van der Waals surface area contributed by atoms with Gasteiger partial charge in [0, 0.05) is 6.04 Å². The number of nitrogens with zero attached hydrogens (tertiary/aromatic N) is 2. The van der Waals surface area contributed by atoms with Gasteiger partial charge in [-0.1, -0.05) is 25.7 Å². The maximum atomic E-state index is 12.1. The van der Waals surface area contributed by atoms with Crippen molar-refractivity contribution in [3.63, 3.8) is 0 Å². The first-order valence-corrected chi connectivity index (χ1v) is 8.76. The molecule has 2 aromatic heterocycles. The van der Waals surface area contributed by atoms with Gasteiger partial charge in [-0.2, -0.15) is 0 Å². The molecule has 5 nitrogen and oxygen atoms in total. The molecular formula is C16H21N3O2S. The molecule has 0 radical (unpaired) electrons. The molecule has 2 heterocycles. The SMILES string of the molecule is Cc1ccsc1-c1nnc(CC(=O)NC2CCCCCC2)o1. The molecule has 1 amide bonds. The van der Waals surface area contributed by atoms with Crippen LogP contribution in [0.25, 0.3) is 10.8 Å². The van der Waals surface area contributed by atoms with Crippen molar-refractivity contribution in [3.8, 4) is 10.8 Å². The van der Waals surface area contributed by atoms with Gasteiger partial charge in [0.25, 0.3) is 5.89 Å². The molecule has 22 heavy (non-hydrogen) atoms. The first-order chi connectivity index (χ1) is 10.7. The minimum absolute atomic E-state index is 0.0231. The van der Waals surface area contributed by atoms with Gasteiger partial charge >= 0.3 is 0 Å². The lowest BCUT2D eigenvalue weighted by molar-refractivity contribution is -0.121. The minimum atomic E-state index is -0.0231. The highest BCUT2D eigenvalue weighted by Crippen LogP contribution is 2.27. The maximum absolute atomic E-state index is 12.1. The number of hydrogen-bond donors (Lipinski definition) is 1. The van der Waals surface area contributed by atoms with Gasteiger partial charge in [-0.25, -0.2) is 0 Å². The predicted molar refractivity (Wildman–Crippen MR) is 85.7 cm³/mol. The molecule has 0 atom stereocenters.